The van der Waals surface area contributed by atoms with Gasteiger partial charge in [0.1, 0.15) is 23.4 Å². The second-order valence-corrected chi connectivity index (χ2v) is 14.8. The molecule has 0 aromatic rings. The van der Waals surface area contributed by atoms with Gasteiger partial charge in [0.25, 0.3) is 0 Å². The summed E-state index contributed by atoms with van der Waals surface area (Å²) in [6, 6.07) is 0. The summed E-state index contributed by atoms with van der Waals surface area (Å²) < 4.78 is 44.5. The lowest BCUT2D eigenvalue weighted by Gasteiger charge is -2.32. The maximum atomic E-state index is 13.0. The summed E-state index contributed by atoms with van der Waals surface area (Å²) in [7, 11) is 5.09. The zero-order valence-electron chi connectivity index (χ0n) is 33.9. The van der Waals surface area contributed by atoms with Gasteiger partial charge in [-0.05, 0) is 62.3 Å². The second-order valence-electron chi connectivity index (χ2n) is 14.8. The molecule has 16 heteroatoms. The van der Waals surface area contributed by atoms with E-state index in [1.807, 2.05) is 46.4 Å². The molecule has 52 heavy (non-hydrogen) atoms. The Morgan fingerprint density at radius 1 is 0.519 bits per heavy atom. The van der Waals surface area contributed by atoms with Crippen LogP contribution in [0.5, 0.6) is 0 Å². The summed E-state index contributed by atoms with van der Waals surface area (Å²) in [5.74, 6) is 2.74. The van der Waals surface area contributed by atoms with Crippen LogP contribution in [-0.4, -0.2) is 181 Å². The lowest BCUT2D eigenvalue weighted by molar-refractivity contribution is 0.0177. The fourth-order valence-electron chi connectivity index (χ4n) is 3.77. The highest BCUT2D eigenvalue weighted by Crippen LogP contribution is 2.11. The summed E-state index contributed by atoms with van der Waals surface area (Å²) in [5, 5.41) is 0. The van der Waals surface area contributed by atoms with Crippen LogP contribution in [0.1, 0.15) is 62.3 Å². The molecule has 0 aliphatic heterocycles. The van der Waals surface area contributed by atoms with Crippen LogP contribution in [0.2, 0.25) is 0 Å². The summed E-state index contributed by atoms with van der Waals surface area (Å²) >= 11 is 0. The van der Waals surface area contributed by atoms with E-state index in [4.69, 9.17) is 44.3 Å². The van der Waals surface area contributed by atoms with Crippen molar-refractivity contribution >= 4 is 24.2 Å². The molecule has 0 radical (unpaired) electrons. The highest BCUT2D eigenvalue weighted by atomic mass is 16.6. The molecule has 0 spiro atoms. The number of carbonyl (C=O) groups is 3. The monoisotopic (exact) mass is 745 g/mol. The first-order valence-electron chi connectivity index (χ1n) is 17.6. The number of terminal acetylenes is 1. The lowest BCUT2D eigenvalue weighted by Crippen LogP contribution is -2.47. The zero-order chi connectivity index (χ0) is 39.8. The number of hydrogen-bond acceptors (Lipinski definition) is 11. The first-order chi connectivity index (χ1) is 24.1. The fraction of sp³-hybridized carbons (Fsp3) is 0.833. The maximum Gasteiger partial charge on any atom is 0.437 e. The summed E-state index contributed by atoms with van der Waals surface area (Å²) in [4.78, 5) is 48.5. The number of hydrogen-bond donors (Lipinski definition) is 0. The Morgan fingerprint density at radius 3 is 1.27 bits per heavy atom. The number of aliphatic imine (C=N–C) groups is 1. The molecule has 0 fully saturated rings. The SMILES string of the molecule is C#CCOCCOCCOCCN(C)/C(=N/C(=O)OC(C)(C)C)N(CCOCCN(C)C(=O)OC(C)(C)C)CCOCCN(C)C(=O)OC(C)(C)C. The van der Waals surface area contributed by atoms with Crippen molar-refractivity contribution in [3.8, 4) is 12.3 Å². The molecule has 0 unspecified atom stereocenters. The molecule has 0 saturated heterocycles. The second kappa shape index (κ2) is 25.6. The molecule has 3 amide bonds. The number of amides is 3. The normalized spacial score (nSPS) is 12.2. The van der Waals surface area contributed by atoms with Gasteiger partial charge < -0.3 is 57.5 Å². The molecular formula is C36H67N5O11. The predicted octanol–water partition coefficient (Wildman–Crippen LogP) is 3.96. The number of carbonyl (C=O) groups excluding carboxylic acids is 3. The molecule has 0 N–H and O–H groups in total. The molecule has 0 bridgehead atoms. The van der Waals surface area contributed by atoms with E-state index in [0.29, 0.717) is 71.7 Å². The minimum absolute atomic E-state index is 0.242. The molecule has 0 saturated carbocycles. The Balaban J connectivity index is 5.57. The fourth-order valence-corrected chi connectivity index (χ4v) is 3.77. The average molecular weight is 746 g/mol. The molecule has 0 aromatic heterocycles. The van der Waals surface area contributed by atoms with Crippen molar-refractivity contribution in [2.75, 3.05) is 120 Å². The van der Waals surface area contributed by atoms with Crippen molar-refractivity contribution in [2.45, 2.75) is 79.1 Å². The molecule has 302 valence electrons. The van der Waals surface area contributed by atoms with Gasteiger partial charge in [0.2, 0.25) is 5.96 Å². The summed E-state index contributed by atoms with van der Waals surface area (Å²) in [6.07, 6.45) is 3.53. The standard InChI is InChI=1S/C36H67N5O11/c1-14-20-45-26-28-49-29-27-48-21-15-38(11)30(37-31(42)50-34(2,3)4)41(18-24-46-22-16-39(12)32(43)51-35(5,6)7)19-25-47-23-17-40(13)33(44)52-36(8,9)10/h1H,15-29H2,2-13H3/b37-30-. The van der Waals surface area contributed by atoms with Gasteiger partial charge in [-0.3, -0.25) is 0 Å². The van der Waals surface area contributed by atoms with E-state index < -0.39 is 35.1 Å². The van der Waals surface area contributed by atoms with Crippen LogP contribution in [0, 0.1) is 12.3 Å². The Hall–Kier alpha value is -3.36. The highest BCUT2D eigenvalue weighted by Gasteiger charge is 2.23. The third-order valence-corrected chi connectivity index (χ3v) is 6.27. The predicted molar refractivity (Wildman–Crippen MR) is 199 cm³/mol. The van der Waals surface area contributed by atoms with Crippen molar-refractivity contribution in [3.05, 3.63) is 0 Å². The minimum Gasteiger partial charge on any atom is -0.444 e. The molecular weight excluding hydrogens is 678 g/mol. The molecule has 0 rings (SSSR count). The number of nitrogens with zero attached hydrogens (tertiary/aromatic N) is 5. The van der Waals surface area contributed by atoms with Gasteiger partial charge >= 0.3 is 18.3 Å². The number of guanidine groups is 1. The van der Waals surface area contributed by atoms with Crippen LogP contribution < -0.4 is 0 Å². The number of rotatable bonds is 22. The van der Waals surface area contributed by atoms with Gasteiger partial charge in [-0.2, -0.15) is 0 Å². The first-order valence-corrected chi connectivity index (χ1v) is 17.6. The van der Waals surface area contributed by atoms with E-state index in [1.54, 1.807) is 46.8 Å². The van der Waals surface area contributed by atoms with Crippen LogP contribution in [0.25, 0.3) is 0 Å². The van der Waals surface area contributed by atoms with Crippen LogP contribution in [-0.2, 0) is 37.9 Å². The smallest absolute Gasteiger partial charge is 0.437 e. The largest absolute Gasteiger partial charge is 0.444 e. The quantitative estimate of drug-likeness (QED) is 0.0518. The van der Waals surface area contributed by atoms with Gasteiger partial charge in [-0.1, -0.05) is 5.92 Å². The zero-order valence-corrected chi connectivity index (χ0v) is 33.9. The van der Waals surface area contributed by atoms with Crippen molar-refractivity contribution in [1.29, 1.82) is 0 Å². The Labute approximate surface area is 312 Å². The van der Waals surface area contributed by atoms with E-state index in [-0.39, 0.29) is 33.0 Å². The van der Waals surface area contributed by atoms with Crippen molar-refractivity contribution in [3.63, 3.8) is 0 Å². The van der Waals surface area contributed by atoms with Crippen molar-refractivity contribution in [2.24, 2.45) is 4.99 Å². The number of likely N-dealkylation sites (N-methyl/N-ethyl adjacent to an activating group) is 3. The van der Waals surface area contributed by atoms with Crippen molar-refractivity contribution < 1.29 is 52.3 Å². The minimum atomic E-state index is -0.753. The van der Waals surface area contributed by atoms with E-state index in [1.165, 1.54) is 9.80 Å². The highest BCUT2D eigenvalue weighted by molar-refractivity contribution is 5.90. The first kappa shape index (κ1) is 48.6. The Morgan fingerprint density at radius 2 is 0.865 bits per heavy atom. The lowest BCUT2D eigenvalue weighted by atomic mass is 10.2. The maximum absolute atomic E-state index is 13.0. The average Bonchev–Trinajstić information content (AvgIpc) is 3.00. The van der Waals surface area contributed by atoms with Crippen molar-refractivity contribution in [1.82, 2.24) is 19.6 Å². The molecule has 0 aromatic carbocycles. The Kier molecular flexibility index (Phi) is 23.9. The van der Waals surface area contributed by atoms with Crippen LogP contribution in [0.3, 0.4) is 0 Å². The van der Waals surface area contributed by atoms with Crippen LogP contribution >= 0.6 is 0 Å². The van der Waals surface area contributed by atoms with E-state index in [0.717, 1.165) is 0 Å². The Bertz CT molecular complexity index is 1050. The van der Waals surface area contributed by atoms with Gasteiger partial charge in [0.15, 0.2) is 0 Å². The molecule has 0 atom stereocenters. The molecule has 0 aliphatic rings. The van der Waals surface area contributed by atoms with Gasteiger partial charge in [0, 0.05) is 53.9 Å². The van der Waals surface area contributed by atoms with E-state index >= 15 is 0 Å². The van der Waals surface area contributed by atoms with Crippen LogP contribution in [0.4, 0.5) is 14.4 Å². The summed E-state index contributed by atoms with van der Waals surface area (Å²) in [6.45, 7) is 21.0. The molecule has 0 heterocycles. The van der Waals surface area contributed by atoms with E-state index in [9.17, 15) is 14.4 Å². The van der Waals surface area contributed by atoms with E-state index in [2.05, 4.69) is 10.9 Å². The van der Waals surface area contributed by atoms with Gasteiger partial charge in [0.05, 0.1) is 59.5 Å². The van der Waals surface area contributed by atoms with Crippen LogP contribution in [0.15, 0.2) is 4.99 Å². The number of ether oxygens (including phenoxy) is 8. The third kappa shape index (κ3) is 27.3. The topological polar surface area (TPSA) is 150 Å². The van der Waals surface area contributed by atoms with Gasteiger partial charge in [-0.25, -0.2) is 14.4 Å². The van der Waals surface area contributed by atoms with Gasteiger partial charge in [-0.15, -0.1) is 11.4 Å². The molecule has 0 aliphatic carbocycles. The summed E-state index contributed by atoms with van der Waals surface area (Å²) in [5.41, 5.74) is -1.96. The third-order valence-electron chi connectivity index (χ3n) is 6.27. The molecule has 16 nitrogen and oxygen atoms in total.